The van der Waals surface area contributed by atoms with Gasteiger partial charge < -0.3 is 10.3 Å². The van der Waals surface area contributed by atoms with Crippen LogP contribution in [0.4, 0.5) is 0 Å². The van der Waals surface area contributed by atoms with Gasteiger partial charge in [-0.2, -0.15) is 4.98 Å². The molecule has 1 heterocycles. The van der Waals surface area contributed by atoms with E-state index in [0.29, 0.717) is 18.2 Å². The number of fused-ring (bicyclic) bond motifs is 1. The fourth-order valence-corrected chi connectivity index (χ4v) is 3.53. The van der Waals surface area contributed by atoms with Crippen molar-refractivity contribution in [1.82, 2.24) is 10.1 Å². The maximum Gasteiger partial charge on any atom is 0.228 e. The Morgan fingerprint density at radius 3 is 2.85 bits per heavy atom. The number of nitrogens with zero attached hydrogens (tertiary/aromatic N) is 2. The van der Waals surface area contributed by atoms with Crippen molar-refractivity contribution < 1.29 is 4.52 Å². The van der Waals surface area contributed by atoms with Gasteiger partial charge in [0.05, 0.1) is 5.92 Å². The third kappa shape index (κ3) is 1.95. The van der Waals surface area contributed by atoms with Gasteiger partial charge in [0, 0.05) is 12.0 Å². The second-order valence-electron chi connectivity index (χ2n) is 6.25. The molecule has 4 heteroatoms. The van der Waals surface area contributed by atoms with Gasteiger partial charge in [-0.1, -0.05) is 42.3 Å². The van der Waals surface area contributed by atoms with Gasteiger partial charge in [0.25, 0.3) is 0 Å². The Labute approximate surface area is 118 Å². The van der Waals surface area contributed by atoms with E-state index in [4.69, 9.17) is 10.3 Å². The fourth-order valence-electron chi connectivity index (χ4n) is 3.53. The van der Waals surface area contributed by atoms with Gasteiger partial charge in [-0.15, -0.1) is 0 Å². The van der Waals surface area contributed by atoms with Crippen molar-refractivity contribution in [2.24, 2.45) is 5.73 Å². The molecule has 0 amide bonds. The minimum Gasteiger partial charge on any atom is -0.339 e. The molecule has 1 unspecified atom stereocenters. The molecule has 4 nitrogen and oxygen atoms in total. The number of rotatable bonds is 3. The highest BCUT2D eigenvalue weighted by Gasteiger charge is 2.34. The number of benzene rings is 1. The monoisotopic (exact) mass is 269 g/mol. The van der Waals surface area contributed by atoms with Crippen LogP contribution in [0.5, 0.6) is 0 Å². The SMILES string of the molecule is NC1(Cc2nc(C3Cc4ccccc43)no2)CCCC1. The summed E-state index contributed by atoms with van der Waals surface area (Å²) in [7, 11) is 0. The molecular weight excluding hydrogens is 250 g/mol. The van der Waals surface area contributed by atoms with Crippen molar-refractivity contribution in [3.63, 3.8) is 0 Å². The zero-order valence-corrected chi connectivity index (χ0v) is 11.5. The lowest BCUT2D eigenvalue weighted by Gasteiger charge is -2.27. The van der Waals surface area contributed by atoms with Gasteiger partial charge in [0.15, 0.2) is 5.82 Å². The summed E-state index contributed by atoms with van der Waals surface area (Å²) < 4.78 is 5.42. The summed E-state index contributed by atoms with van der Waals surface area (Å²) in [6.07, 6.45) is 6.30. The van der Waals surface area contributed by atoms with E-state index in [1.54, 1.807) is 0 Å². The lowest BCUT2D eigenvalue weighted by molar-refractivity contribution is 0.326. The van der Waals surface area contributed by atoms with E-state index >= 15 is 0 Å². The Hall–Kier alpha value is -1.68. The second-order valence-corrected chi connectivity index (χ2v) is 6.25. The zero-order valence-electron chi connectivity index (χ0n) is 11.5. The van der Waals surface area contributed by atoms with E-state index in [1.807, 2.05) is 0 Å². The molecule has 1 saturated carbocycles. The second kappa shape index (κ2) is 4.42. The number of nitrogens with two attached hydrogens (primary N) is 1. The Morgan fingerprint density at radius 1 is 1.25 bits per heavy atom. The number of hydrogen-bond acceptors (Lipinski definition) is 4. The summed E-state index contributed by atoms with van der Waals surface area (Å²) in [5, 5.41) is 4.17. The first-order valence-electron chi connectivity index (χ1n) is 7.43. The van der Waals surface area contributed by atoms with E-state index in [0.717, 1.165) is 25.1 Å². The first-order valence-corrected chi connectivity index (χ1v) is 7.43. The highest BCUT2D eigenvalue weighted by Crippen LogP contribution is 2.38. The van der Waals surface area contributed by atoms with Gasteiger partial charge in [0.2, 0.25) is 5.89 Å². The Kier molecular flexibility index (Phi) is 2.67. The molecule has 0 saturated heterocycles. The minimum atomic E-state index is -0.124. The zero-order chi connectivity index (χ0) is 13.6. The van der Waals surface area contributed by atoms with E-state index in [9.17, 15) is 0 Å². The topological polar surface area (TPSA) is 64.9 Å². The van der Waals surface area contributed by atoms with Gasteiger partial charge in [-0.3, -0.25) is 0 Å². The standard InChI is InChI=1S/C16H19N3O/c17-16(7-3-4-8-16)10-14-18-15(19-20-14)13-9-11-5-1-2-6-12(11)13/h1-2,5-6,13H,3-4,7-10,17H2. The molecule has 0 aliphatic heterocycles. The summed E-state index contributed by atoms with van der Waals surface area (Å²) in [4.78, 5) is 4.58. The summed E-state index contributed by atoms with van der Waals surface area (Å²) in [6.45, 7) is 0. The molecule has 0 bridgehead atoms. The van der Waals surface area contributed by atoms with Gasteiger partial charge in [-0.25, -0.2) is 0 Å². The molecular formula is C16H19N3O. The normalized spacial score (nSPS) is 23.4. The highest BCUT2D eigenvalue weighted by atomic mass is 16.5. The fraction of sp³-hybridized carbons (Fsp3) is 0.500. The molecule has 2 aromatic rings. The molecule has 4 rings (SSSR count). The average molecular weight is 269 g/mol. The molecule has 20 heavy (non-hydrogen) atoms. The van der Waals surface area contributed by atoms with Crippen LogP contribution in [0, 0.1) is 0 Å². The molecule has 2 aliphatic rings. The first-order chi connectivity index (χ1) is 9.73. The molecule has 1 aromatic carbocycles. The van der Waals surface area contributed by atoms with E-state index in [2.05, 4.69) is 34.4 Å². The highest BCUT2D eigenvalue weighted by molar-refractivity contribution is 5.43. The molecule has 1 fully saturated rings. The largest absolute Gasteiger partial charge is 0.339 e. The van der Waals surface area contributed by atoms with Crippen LogP contribution in [-0.4, -0.2) is 15.7 Å². The predicted octanol–water partition coefficient (Wildman–Crippen LogP) is 2.57. The predicted molar refractivity (Wildman–Crippen MR) is 75.4 cm³/mol. The van der Waals surface area contributed by atoms with Crippen molar-refractivity contribution in [2.75, 3.05) is 0 Å². The number of hydrogen-bond donors (Lipinski definition) is 1. The molecule has 104 valence electrons. The molecule has 0 spiro atoms. The molecule has 1 aromatic heterocycles. The lowest BCUT2D eigenvalue weighted by atomic mass is 9.77. The van der Waals surface area contributed by atoms with Crippen LogP contribution >= 0.6 is 0 Å². The summed E-state index contributed by atoms with van der Waals surface area (Å²) in [5.41, 5.74) is 8.98. The van der Waals surface area contributed by atoms with Crippen LogP contribution in [0.25, 0.3) is 0 Å². The Bertz CT molecular complexity index is 628. The maximum absolute atomic E-state index is 6.37. The third-order valence-corrected chi connectivity index (χ3v) is 4.75. The maximum atomic E-state index is 6.37. The van der Waals surface area contributed by atoms with Crippen molar-refractivity contribution in [1.29, 1.82) is 0 Å². The van der Waals surface area contributed by atoms with Crippen LogP contribution in [-0.2, 0) is 12.8 Å². The Balaban J connectivity index is 1.52. The van der Waals surface area contributed by atoms with Crippen LogP contribution in [0.15, 0.2) is 28.8 Å². The van der Waals surface area contributed by atoms with Crippen LogP contribution in [0.1, 0.15) is 54.4 Å². The third-order valence-electron chi connectivity index (χ3n) is 4.75. The van der Waals surface area contributed by atoms with Gasteiger partial charge >= 0.3 is 0 Å². The average Bonchev–Trinajstić information content (AvgIpc) is 3.01. The van der Waals surface area contributed by atoms with Crippen LogP contribution < -0.4 is 5.73 Å². The van der Waals surface area contributed by atoms with Crippen molar-refractivity contribution in [3.05, 3.63) is 47.1 Å². The summed E-state index contributed by atoms with van der Waals surface area (Å²) >= 11 is 0. The summed E-state index contributed by atoms with van der Waals surface area (Å²) in [5.74, 6) is 1.83. The van der Waals surface area contributed by atoms with Crippen LogP contribution in [0.3, 0.4) is 0 Å². The van der Waals surface area contributed by atoms with Crippen molar-refractivity contribution >= 4 is 0 Å². The molecule has 0 radical (unpaired) electrons. The molecule has 1 atom stereocenters. The van der Waals surface area contributed by atoms with Crippen molar-refractivity contribution in [3.8, 4) is 0 Å². The smallest absolute Gasteiger partial charge is 0.228 e. The first kappa shape index (κ1) is 12.1. The van der Waals surface area contributed by atoms with Crippen molar-refractivity contribution in [2.45, 2.75) is 50.0 Å². The minimum absolute atomic E-state index is 0.124. The van der Waals surface area contributed by atoms with E-state index in [1.165, 1.54) is 24.0 Å². The molecule has 2 N–H and O–H groups in total. The van der Waals surface area contributed by atoms with E-state index < -0.39 is 0 Å². The lowest BCUT2D eigenvalue weighted by Crippen LogP contribution is -2.38. The Morgan fingerprint density at radius 2 is 2.05 bits per heavy atom. The molecule has 2 aliphatic carbocycles. The van der Waals surface area contributed by atoms with Crippen LogP contribution in [0.2, 0.25) is 0 Å². The van der Waals surface area contributed by atoms with Gasteiger partial charge in [-0.05, 0) is 30.4 Å². The quantitative estimate of drug-likeness (QED) is 0.930. The summed E-state index contributed by atoms with van der Waals surface area (Å²) in [6, 6.07) is 8.47. The van der Waals surface area contributed by atoms with Gasteiger partial charge in [0.1, 0.15) is 0 Å². The van der Waals surface area contributed by atoms with E-state index in [-0.39, 0.29) is 5.54 Å². The number of aromatic nitrogens is 2.